The fourth-order valence-electron chi connectivity index (χ4n) is 16.5. The molecule has 0 aromatic heterocycles. The smallest absolute Gasteiger partial charge is 0.186 e. The molecular weight excluding hydrogens is 1550 g/mol. The van der Waals surface area contributed by atoms with Gasteiger partial charge in [0.15, 0.2) is 76.1 Å². The first-order chi connectivity index (χ1) is 54.4. The third-order valence-electron chi connectivity index (χ3n) is 22.8. The zero-order chi connectivity index (χ0) is 92.4. The minimum absolute atomic E-state index is 0. The van der Waals surface area contributed by atoms with Gasteiger partial charge in [-0.25, -0.2) is 20.0 Å². The molecule has 8 rings (SSSR count). The van der Waals surface area contributed by atoms with Crippen LogP contribution in [0.3, 0.4) is 0 Å². The molecule has 12 unspecified atom stereocenters. The number of nitrogens with one attached hydrogen (secondary N) is 2. The number of ketones is 8. The maximum atomic E-state index is 12.0. The molecule has 8 aliphatic rings. The molecule has 36 nitrogen and oxygen atoms in total. The maximum Gasteiger partial charge on any atom is 0.186 e. The van der Waals surface area contributed by atoms with Crippen molar-refractivity contribution in [2.45, 2.75) is 374 Å². The summed E-state index contributed by atoms with van der Waals surface area (Å²) in [4.78, 5) is 118. The molecule has 34 N–H and O–H groups in total. The van der Waals surface area contributed by atoms with E-state index >= 15 is 0 Å². The SMILES string of the molecule is C.CC(=N)CC1CCC(O)(C(=O)C(C)C)CC1.CC(C)C(=O)C1(O)CC(CC(=N)N)C1.CC(C)C(=O)C1(O)CC1N=C(N)N.CC(C)C(=O)C1(O)CCC(N=C(N)N)C1.CC(C)C(=O)C1(O)CCC1N=C(N)N.CC(C)C(=O)C1(O)CCCC1N=C(N)N.CC(C)C(=O)C1(O)CCCCC1N=C(N)N.CC(N)=NC1CCCC(O)(C(=O)C(C)C)C1. The van der Waals surface area contributed by atoms with Gasteiger partial charge in [0.2, 0.25) is 0 Å². The van der Waals surface area contributed by atoms with Gasteiger partial charge in [-0.3, -0.25) is 53.8 Å². The van der Waals surface area contributed by atoms with E-state index in [2.05, 4.69) is 30.0 Å². The summed E-state index contributed by atoms with van der Waals surface area (Å²) in [7, 11) is 0. The average molecular weight is 1700 g/mol. The van der Waals surface area contributed by atoms with Crippen LogP contribution in [-0.4, -0.2) is 215 Å². The molecule has 0 radical (unpaired) electrons. The molecule has 36 heteroatoms. The van der Waals surface area contributed by atoms with Crippen LogP contribution in [0.4, 0.5) is 0 Å². The van der Waals surface area contributed by atoms with E-state index in [1.165, 1.54) is 0 Å². The highest BCUT2D eigenvalue weighted by atomic mass is 16.3. The summed E-state index contributed by atoms with van der Waals surface area (Å²) >= 11 is 0. The van der Waals surface area contributed by atoms with Gasteiger partial charge in [0.05, 0.1) is 47.9 Å². The first kappa shape index (κ1) is 112. The summed E-state index contributed by atoms with van der Waals surface area (Å²) in [5.74, 6) is -1.25. The minimum atomic E-state index is -1.38. The Kier molecular flexibility index (Phi) is 44.9. The van der Waals surface area contributed by atoms with Crippen LogP contribution in [-0.2, 0) is 38.4 Å². The molecule has 0 aromatic rings. The number of hydrogen-bond donors (Lipinski definition) is 22. The molecular formula is C84H158N20O16. The molecule has 8 aliphatic carbocycles. The predicted molar refractivity (Wildman–Crippen MR) is 472 cm³/mol. The number of nitrogens with zero attached hydrogens (tertiary/aromatic N) is 6. The van der Waals surface area contributed by atoms with Crippen LogP contribution in [0.15, 0.2) is 30.0 Å². The van der Waals surface area contributed by atoms with E-state index in [1.807, 2.05) is 34.6 Å². The third-order valence-corrected chi connectivity index (χ3v) is 22.8. The van der Waals surface area contributed by atoms with E-state index in [0.717, 1.165) is 51.4 Å². The Morgan fingerprint density at radius 3 is 0.958 bits per heavy atom. The van der Waals surface area contributed by atoms with Crippen molar-refractivity contribution in [2.24, 2.45) is 158 Å². The number of carbonyl (C=O) groups excluding carboxylic acids is 8. The van der Waals surface area contributed by atoms with Gasteiger partial charge in [0, 0.05) is 78.7 Å². The molecule has 0 saturated heterocycles. The van der Waals surface area contributed by atoms with Gasteiger partial charge in [-0.1, -0.05) is 125 Å². The van der Waals surface area contributed by atoms with Crippen molar-refractivity contribution in [3.8, 4) is 0 Å². The molecule has 0 aromatic carbocycles. The zero-order valence-corrected chi connectivity index (χ0v) is 74.4. The van der Waals surface area contributed by atoms with E-state index in [0.29, 0.717) is 127 Å². The van der Waals surface area contributed by atoms with E-state index in [9.17, 15) is 79.2 Å². The van der Waals surface area contributed by atoms with E-state index in [4.69, 9.17) is 79.6 Å². The second kappa shape index (κ2) is 48.2. The van der Waals surface area contributed by atoms with Gasteiger partial charge in [-0.2, -0.15) is 0 Å². The molecule has 0 amide bonds. The normalized spacial score (nSPS) is 30.6. The molecule has 690 valence electrons. The van der Waals surface area contributed by atoms with Gasteiger partial charge < -0.3 is 115 Å². The Morgan fingerprint density at radius 2 is 0.608 bits per heavy atom. The maximum absolute atomic E-state index is 12.0. The summed E-state index contributed by atoms with van der Waals surface area (Å²) in [6, 6.07) is -1.98. The number of Topliss-reactive ketones (excluding diaryl/α,β-unsaturated/α-hetero) is 8. The first-order valence-corrected chi connectivity index (χ1v) is 42.1. The molecule has 120 heavy (non-hydrogen) atoms. The number of aliphatic imine (C=N–C) groups is 6. The van der Waals surface area contributed by atoms with Crippen LogP contribution in [0.2, 0.25) is 0 Å². The summed E-state index contributed by atoms with van der Waals surface area (Å²) < 4.78 is 0. The van der Waals surface area contributed by atoms with Crippen LogP contribution in [0, 0.1) is 70.0 Å². The lowest BCUT2D eigenvalue weighted by Gasteiger charge is -2.43. The summed E-state index contributed by atoms with van der Waals surface area (Å²) in [6.07, 6.45) is 15.5. The largest absolute Gasteiger partial charge is 0.388 e. The zero-order valence-electron chi connectivity index (χ0n) is 74.4. The third kappa shape index (κ3) is 33.7. The summed E-state index contributed by atoms with van der Waals surface area (Å²) in [6.45, 7) is 32.1. The van der Waals surface area contributed by atoms with Gasteiger partial charge in [0.25, 0.3) is 0 Å². The monoisotopic (exact) mass is 1700 g/mol. The number of rotatable bonds is 26. The quantitative estimate of drug-likeness (QED) is 0.0437. The van der Waals surface area contributed by atoms with Crippen LogP contribution >= 0.6 is 0 Å². The van der Waals surface area contributed by atoms with Crippen molar-refractivity contribution in [1.82, 2.24) is 0 Å². The predicted octanol–water partition coefficient (Wildman–Crippen LogP) is 3.20. The second-order valence-electron chi connectivity index (χ2n) is 36.5. The standard InChI is InChI=1S/C13H23NO2.C12H22N2O2.C11H21N3O2.2C10H19N3O2.C10H18N2O2.C9H17N3O2.C8H15N3O2.CH4/c1-9(2)12(15)13(16)6-4-11(5-7-13)8-10(3)14;1-8(2)11(15)12(16)6-4-5-10(7-12)14-9(3)13;1-7(2)9(15)11(16)6-4-3-5-8(11)14-10(12)13;1-6(2)8(14)10(15)4-3-7(5-10)13-9(11)12;1-6(2)8(14)10(15)5-3-4-7(10)13-9(11)12;1-6(2)9(13)10(14)4-7(5-10)3-8(11)12;1-5(2)7(13)9(14)4-3-6(9)12-8(10)11;1-4(2)6(12)8(13)3-5(8)11-7(9)10;/h9,11,14,16H,4-8H2,1-3H3;8,10,16H,4-7H2,1-3H3,(H2,13,14);7-8,16H,3-6H2,1-2H3,(H4,12,13,14);2*6-7,15H,3-5H2,1-2H3,(H4,11,12,13);6-7,14H,3-5H2,1-2H3,(H3,11,12);5-6,14H,3-4H2,1-2H3,(H4,10,11,12);4-5,13H,3H2,1-2H3,(H4,9,10,11);1H4. The highest BCUT2D eigenvalue weighted by molar-refractivity contribution is 5.95. The highest BCUT2D eigenvalue weighted by Gasteiger charge is 2.60. The van der Waals surface area contributed by atoms with Gasteiger partial charge in [-0.15, -0.1) is 0 Å². The molecule has 0 heterocycles. The molecule has 0 spiro atoms. The van der Waals surface area contributed by atoms with Crippen LogP contribution in [0.5, 0.6) is 0 Å². The van der Waals surface area contributed by atoms with Crippen molar-refractivity contribution in [3.05, 3.63) is 0 Å². The lowest BCUT2D eigenvalue weighted by atomic mass is 9.65. The lowest BCUT2D eigenvalue weighted by Crippen LogP contribution is -2.58. The number of aliphatic hydroxyl groups is 8. The van der Waals surface area contributed by atoms with Crippen molar-refractivity contribution in [3.63, 3.8) is 0 Å². The van der Waals surface area contributed by atoms with E-state index < -0.39 is 69.0 Å². The average Bonchev–Trinajstić information content (AvgIpc) is 1.45. The second-order valence-corrected chi connectivity index (χ2v) is 36.5. The number of carbonyl (C=O) groups is 8. The molecule has 0 bridgehead atoms. The van der Waals surface area contributed by atoms with Crippen molar-refractivity contribution in [2.75, 3.05) is 0 Å². The van der Waals surface area contributed by atoms with Crippen molar-refractivity contribution in [1.29, 1.82) is 10.8 Å². The van der Waals surface area contributed by atoms with Crippen molar-refractivity contribution >= 4 is 93.4 Å². The first-order valence-electron chi connectivity index (χ1n) is 42.1. The summed E-state index contributed by atoms with van der Waals surface area (Å²) in [5.41, 5.74) is 53.9. The minimum Gasteiger partial charge on any atom is -0.388 e. The fraction of sp³-hybridized carbons (Fsp3) is 0.810. The Balaban J connectivity index is 0.00000135. The Labute approximate surface area is 711 Å². The van der Waals surface area contributed by atoms with Gasteiger partial charge in [0.1, 0.15) is 44.8 Å². The number of hydrogen-bond acceptors (Lipinski definition) is 24. The van der Waals surface area contributed by atoms with Crippen molar-refractivity contribution < 1.29 is 79.2 Å². The van der Waals surface area contributed by atoms with E-state index in [-0.39, 0.29) is 155 Å². The molecule has 8 fully saturated rings. The number of amidine groups is 2. The van der Waals surface area contributed by atoms with Gasteiger partial charge >= 0.3 is 0 Å². The fourth-order valence-corrected chi connectivity index (χ4v) is 16.5. The van der Waals surface area contributed by atoms with Crippen LogP contribution in [0.25, 0.3) is 0 Å². The summed E-state index contributed by atoms with van der Waals surface area (Å²) in [5, 5.41) is 95.5. The van der Waals surface area contributed by atoms with Crippen LogP contribution in [0.1, 0.15) is 293 Å². The Morgan fingerprint density at radius 1 is 0.300 bits per heavy atom. The molecule has 12 atom stereocenters. The van der Waals surface area contributed by atoms with Crippen LogP contribution < -0.4 is 68.8 Å². The molecule has 8 saturated carbocycles. The van der Waals surface area contributed by atoms with Gasteiger partial charge in [-0.05, 0) is 154 Å². The Bertz CT molecular complexity index is 3600. The lowest BCUT2D eigenvalue weighted by molar-refractivity contribution is -0.155. The number of guanidine groups is 5. The molecule has 0 aliphatic heterocycles. The van der Waals surface area contributed by atoms with E-state index in [1.54, 1.807) is 90.0 Å². The topological polar surface area (TPSA) is 733 Å². The highest BCUT2D eigenvalue weighted by Crippen LogP contribution is 2.45. The Hall–Kier alpha value is -8.00. The number of nitrogens with two attached hydrogens (primary N) is 12.